The largest absolute Gasteiger partial charge is 0.333 e. The van der Waals surface area contributed by atoms with Crippen LogP contribution in [0.5, 0.6) is 0 Å². The van der Waals surface area contributed by atoms with Crippen molar-refractivity contribution >= 4 is 50.7 Å². The molecular formula is C31H53BrN2S2. The van der Waals surface area contributed by atoms with E-state index in [4.69, 9.17) is 12.2 Å². The fourth-order valence-electron chi connectivity index (χ4n) is 6.22. The average molecular weight is 598 g/mol. The van der Waals surface area contributed by atoms with E-state index < -0.39 is 0 Å². The zero-order valence-electron chi connectivity index (χ0n) is 24.1. The molecule has 1 aromatic carbocycles. The minimum Gasteiger partial charge on any atom is -0.333 e. The number of unbranched alkanes of at least 4 members (excludes halogenated alkanes) is 5. The van der Waals surface area contributed by atoms with E-state index in [9.17, 15) is 0 Å². The molecule has 1 aliphatic heterocycles. The number of anilines is 1. The lowest BCUT2D eigenvalue weighted by Crippen LogP contribution is -2.55. The van der Waals surface area contributed by atoms with Crippen LogP contribution in [0.1, 0.15) is 119 Å². The number of halogens is 1. The average Bonchev–Trinajstić information content (AvgIpc) is 3.20. The normalized spacial score (nSPS) is 23.8. The summed E-state index contributed by atoms with van der Waals surface area (Å²) in [6.07, 6.45) is 14.4. The van der Waals surface area contributed by atoms with Gasteiger partial charge in [-0.25, -0.2) is 0 Å². The van der Waals surface area contributed by atoms with Gasteiger partial charge in [0, 0.05) is 21.5 Å². The third-order valence-corrected chi connectivity index (χ3v) is 11.5. The van der Waals surface area contributed by atoms with Gasteiger partial charge in [0.05, 0.1) is 4.87 Å². The molecular weight excluding hydrogens is 544 g/mol. The zero-order chi connectivity index (χ0) is 26.7. The zero-order valence-corrected chi connectivity index (χ0v) is 27.3. The molecule has 1 N–H and O–H groups in total. The highest BCUT2D eigenvalue weighted by Crippen LogP contribution is 2.54. The summed E-state index contributed by atoms with van der Waals surface area (Å²) in [6, 6.07) is 8.86. The lowest BCUT2D eigenvalue weighted by atomic mass is 9.79. The van der Waals surface area contributed by atoms with Gasteiger partial charge in [-0.15, -0.1) is 11.8 Å². The van der Waals surface area contributed by atoms with Crippen LogP contribution < -0.4 is 5.32 Å². The summed E-state index contributed by atoms with van der Waals surface area (Å²) in [5, 5.41) is 5.14. The summed E-state index contributed by atoms with van der Waals surface area (Å²) in [5.41, 5.74) is 1.06. The second kappa shape index (κ2) is 16.0. The molecule has 5 atom stereocenters. The van der Waals surface area contributed by atoms with Gasteiger partial charge in [-0.2, -0.15) is 0 Å². The number of nitrogens with one attached hydrogen (secondary N) is 1. The molecule has 0 bridgehead atoms. The van der Waals surface area contributed by atoms with Crippen LogP contribution in [0.15, 0.2) is 28.7 Å². The van der Waals surface area contributed by atoms with Gasteiger partial charge < -0.3 is 10.2 Å². The molecule has 0 aliphatic carbocycles. The number of hydrogen-bond donors (Lipinski definition) is 1. The maximum atomic E-state index is 6.19. The van der Waals surface area contributed by atoms with Gasteiger partial charge in [-0.3, -0.25) is 0 Å². The Kier molecular flexibility index (Phi) is 14.2. The summed E-state index contributed by atoms with van der Waals surface area (Å²) in [5.74, 6) is 2.09. The van der Waals surface area contributed by atoms with Crippen molar-refractivity contribution < 1.29 is 0 Å². The second-order valence-electron chi connectivity index (χ2n) is 11.2. The molecule has 2 nitrogen and oxygen atoms in total. The lowest BCUT2D eigenvalue weighted by molar-refractivity contribution is 0.135. The molecule has 2 rings (SSSR count). The molecule has 0 aromatic heterocycles. The fourth-order valence-corrected chi connectivity index (χ4v) is 9.09. The number of thioether (sulfide) groups is 1. The summed E-state index contributed by atoms with van der Waals surface area (Å²) < 4.78 is 1.08. The molecule has 5 heteroatoms. The van der Waals surface area contributed by atoms with E-state index >= 15 is 0 Å². The van der Waals surface area contributed by atoms with Crippen molar-refractivity contribution in [1.82, 2.24) is 4.90 Å². The van der Waals surface area contributed by atoms with Crippen molar-refractivity contribution in [2.75, 3.05) is 5.32 Å². The Balaban J connectivity index is 2.23. The quantitative estimate of drug-likeness (QED) is 0.160. The van der Waals surface area contributed by atoms with E-state index in [-0.39, 0.29) is 4.87 Å². The molecule has 0 spiro atoms. The van der Waals surface area contributed by atoms with E-state index in [1.807, 2.05) is 0 Å². The molecule has 0 radical (unpaired) electrons. The van der Waals surface area contributed by atoms with Crippen LogP contribution in [0.3, 0.4) is 0 Å². The minimum absolute atomic E-state index is 0.0473. The fraction of sp³-hybridized carbons (Fsp3) is 0.774. The smallest absolute Gasteiger partial charge is 0.174 e. The van der Waals surface area contributed by atoms with Gasteiger partial charge >= 0.3 is 0 Å². The standard InChI is InChI=1S/C31H53BrN2S2/c1-8-12-13-14-15-16-18-25(23(5)6)21-24(7)31(11-4)34(28(9-2)29(10-3)36-31)30(35)33-27-20-17-19-26(32)22-27/h17,19-20,22-25,28-29H,8-16,18,21H2,1-7H3,(H,33,35). The van der Waals surface area contributed by atoms with Crippen molar-refractivity contribution in [2.45, 2.75) is 135 Å². The van der Waals surface area contributed by atoms with E-state index in [0.717, 1.165) is 39.9 Å². The Labute approximate surface area is 241 Å². The van der Waals surface area contributed by atoms with Gasteiger partial charge in [0.25, 0.3) is 0 Å². The van der Waals surface area contributed by atoms with Gasteiger partial charge in [0.2, 0.25) is 0 Å². The lowest BCUT2D eigenvalue weighted by Gasteiger charge is -2.46. The first kappa shape index (κ1) is 32.0. The third kappa shape index (κ3) is 8.37. The van der Waals surface area contributed by atoms with Crippen LogP contribution in [0.25, 0.3) is 0 Å². The first-order valence-electron chi connectivity index (χ1n) is 14.8. The van der Waals surface area contributed by atoms with Crippen LogP contribution in [0.2, 0.25) is 0 Å². The maximum absolute atomic E-state index is 6.19. The summed E-state index contributed by atoms with van der Waals surface area (Å²) in [7, 11) is 0. The molecule has 1 saturated heterocycles. The highest BCUT2D eigenvalue weighted by molar-refractivity contribution is 9.10. The molecule has 1 heterocycles. The Bertz CT molecular complexity index is 786. The minimum atomic E-state index is 0.0473. The third-order valence-electron chi connectivity index (χ3n) is 8.44. The van der Waals surface area contributed by atoms with Gasteiger partial charge in [-0.1, -0.05) is 115 Å². The van der Waals surface area contributed by atoms with Crippen molar-refractivity contribution in [1.29, 1.82) is 0 Å². The van der Waals surface area contributed by atoms with Crippen molar-refractivity contribution in [3.63, 3.8) is 0 Å². The number of nitrogens with zero attached hydrogens (tertiary/aromatic N) is 1. The highest BCUT2D eigenvalue weighted by Gasteiger charge is 2.54. The van der Waals surface area contributed by atoms with Gasteiger partial charge in [-0.05, 0) is 73.9 Å². The molecule has 5 unspecified atom stereocenters. The van der Waals surface area contributed by atoms with Crippen molar-refractivity contribution in [3.05, 3.63) is 28.7 Å². The molecule has 206 valence electrons. The number of thiocarbonyl (C=S) groups is 1. The molecule has 36 heavy (non-hydrogen) atoms. The Morgan fingerprint density at radius 3 is 2.33 bits per heavy atom. The molecule has 1 aromatic rings. The predicted molar refractivity (Wildman–Crippen MR) is 171 cm³/mol. The summed E-state index contributed by atoms with van der Waals surface area (Å²) in [4.78, 5) is 2.70. The molecule has 1 aliphatic rings. The van der Waals surface area contributed by atoms with Crippen LogP contribution in [0, 0.1) is 17.8 Å². The van der Waals surface area contributed by atoms with Gasteiger partial charge in [0.1, 0.15) is 0 Å². The Morgan fingerprint density at radius 1 is 1.06 bits per heavy atom. The molecule has 0 saturated carbocycles. The number of hydrogen-bond acceptors (Lipinski definition) is 2. The highest BCUT2D eigenvalue weighted by atomic mass is 79.9. The topological polar surface area (TPSA) is 15.3 Å². The van der Waals surface area contributed by atoms with E-state index in [1.165, 1.54) is 57.8 Å². The predicted octanol–water partition coefficient (Wildman–Crippen LogP) is 10.9. The van der Waals surface area contributed by atoms with Crippen LogP contribution in [-0.4, -0.2) is 26.2 Å². The van der Waals surface area contributed by atoms with Crippen LogP contribution in [-0.2, 0) is 0 Å². The summed E-state index contributed by atoms with van der Waals surface area (Å²) in [6.45, 7) is 16.8. The summed E-state index contributed by atoms with van der Waals surface area (Å²) >= 11 is 12.0. The Hall–Kier alpha value is -0.260. The van der Waals surface area contributed by atoms with E-state index in [2.05, 4.69) is 111 Å². The maximum Gasteiger partial charge on any atom is 0.174 e. The van der Waals surface area contributed by atoms with Crippen LogP contribution in [0.4, 0.5) is 5.69 Å². The van der Waals surface area contributed by atoms with E-state index in [1.54, 1.807) is 0 Å². The SMILES string of the molecule is CCCCCCCCC(CC(C)C1(CC)SC(CC)C(CC)N1C(=S)Nc1cccc(Br)c1)C(C)C. The van der Waals surface area contributed by atoms with E-state index in [0.29, 0.717) is 17.2 Å². The molecule has 0 amide bonds. The number of rotatable bonds is 15. The van der Waals surface area contributed by atoms with Gasteiger partial charge in [0.15, 0.2) is 5.11 Å². The Morgan fingerprint density at radius 2 is 1.75 bits per heavy atom. The van der Waals surface area contributed by atoms with Crippen LogP contribution >= 0.6 is 39.9 Å². The molecule has 1 fully saturated rings. The monoisotopic (exact) mass is 596 g/mol. The number of benzene rings is 1. The van der Waals surface area contributed by atoms with Crippen molar-refractivity contribution in [3.8, 4) is 0 Å². The first-order valence-corrected chi connectivity index (χ1v) is 16.9. The second-order valence-corrected chi connectivity index (χ2v) is 14.1. The first-order chi connectivity index (χ1) is 17.2. The van der Waals surface area contributed by atoms with Crippen molar-refractivity contribution in [2.24, 2.45) is 17.8 Å².